The molecule has 0 fully saturated rings. The first kappa shape index (κ1) is 16.1. The second-order valence-corrected chi connectivity index (χ2v) is 6.48. The molecule has 0 amide bonds. The summed E-state index contributed by atoms with van der Waals surface area (Å²) >= 11 is 0. The van der Waals surface area contributed by atoms with Gasteiger partial charge in [0.2, 0.25) is 10.0 Å². The lowest BCUT2D eigenvalue weighted by molar-refractivity contribution is -0.140. The molecule has 6 nitrogen and oxygen atoms in total. The Bertz CT molecular complexity index is 659. The van der Waals surface area contributed by atoms with Crippen LogP contribution in [0.15, 0.2) is 23.1 Å². The number of nitriles is 1. The van der Waals surface area contributed by atoms with Gasteiger partial charge in [-0.2, -0.15) is 9.98 Å². The van der Waals surface area contributed by atoms with Gasteiger partial charge in [-0.3, -0.25) is 4.79 Å². The molecule has 7 heteroatoms. The summed E-state index contributed by atoms with van der Waals surface area (Å²) in [7, 11) is -3.94. The Balaban J connectivity index is 3.15. The minimum atomic E-state index is -3.94. The van der Waals surface area contributed by atoms with Crippen LogP contribution in [0.2, 0.25) is 0 Å². The van der Waals surface area contributed by atoms with E-state index < -0.39 is 22.0 Å². The van der Waals surface area contributed by atoms with Crippen molar-refractivity contribution in [3.63, 3.8) is 0 Å². The summed E-state index contributed by atoms with van der Waals surface area (Å²) in [5.74, 6) is -1.62. The van der Waals surface area contributed by atoms with Crippen LogP contribution in [0.5, 0.6) is 0 Å². The molecule has 0 saturated carbocycles. The highest BCUT2D eigenvalue weighted by Crippen LogP contribution is 2.16. The van der Waals surface area contributed by atoms with Gasteiger partial charge >= 0.3 is 5.97 Å². The van der Waals surface area contributed by atoms with Crippen LogP contribution in [-0.2, 0) is 14.8 Å². The first-order chi connectivity index (χ1) is 9.19. The highest BCUT2D eigenvalue weighted by atomic mass is 32.2. The molecule has 0 heterocycles. The van der Waals surface area contributed by atoms with Crippen molar-refractivity contribution in [2.45, 2.75) is 31.7 Å². The summed E-state index contributed by atoms with van der Waals surface area (Å²) in [6.07, 6.45) is 0. The summed E-state index contributed by atoms with van der Waals surface area (Å²) in [6, 6.07) is 4.77. The summed E-state index contributed by atoms with van der Waals surface area (Å²) in [5.41, 5.74) is 0.898. The number of hydrogen-bond donors (Lipinski definition) is 2. The van der Waals surface area contributed by atoms with Crippen molar-refractivity contribution in [3.8, 4) is 6.07 Å². The van der Waals surface area contributed by atoms with E-state index in [1.807, 2.05) is 6.07 Å². The van der Waals surface area contributed by atoms with Crippen molar-refractivity contribution in [3.05, 3.63) is 29.3 Å². The van der Waals surface area contributed by atoms with Crippen LogP contribution in [0, 0.1) is 24.2 Å². The maximum atomic E-state index is 12.1. The summed E-state index contributed by atoms with van der Waals surface area (Å²) in [5, 5.41) is 17.8. The third kappa shape index (κ3) is 3.56. The molecule has 1 unspecified atom stereocenters. The van der Waals surface area contributed by atoms with Gasteiger partial charge in [0.15, 0.2) is 0 Å². The number of carboxylic acids is 1. The van der Waals surface area contributed by atoms with E-state index in [1.54, 1.807) is 20.8 Å². The number of aryl methyl sites for hydroxylation is 1. The summed E-state index contributed by atoms with van der Waals surface area (Å²) < 4.78 is 26.5. The molecule has 0 aliphatic carbocycles. The van der Waals surface area contributed by atoms with Crippen molar-refractivity contribution >= 4 is 16.0 Å². The lowest BCUT2D eigenvalue weighted by Gasteiger charge is -2.18. The smallest absolute Gasteiger partial charge is 0.322 e. The molecule has 0 spiro atoms. The van der Waals surface area contributed by atoms with Gasteiger partial charge in [0.25, 0.3) is 0 Å². The monoisotopic (exact) mass is 296 g/mol. The zero-order valence-corrected chi connectivity index (χ0v) is 12.2. The standard InChI is InChI=1S/C13H16N2O4S/c1-8(2)12(13(16)17)15-20(18,19)11-5-4-10(7-14)9(3)6-11/h4-6,8,12,15H,1-3H3,(H,16,17). The van der Waals surface area contributed by atoms with Gasteiger partial charge in [0, 0.05) is 0 Å². The van der Waals surface area contributed by atoms with E-state index >= 15 is 0 Å². The van der Waals surface area contributed by atoms with E-state index in [0.717, 1.165) is 0 Å². The molecule has 108 valence electrons. The first-order valence-corrected chi connectivity index (χ1v) is 7.43. The van der Waals surface area contributed by atoms with Gasteiger partial charge in [-0.05, 0) is 36.6 Å². The lowest BCUT2D eigenvalue weighted by atomic mass is 10.1. The van der Waals surface area contributed by atoms with Crippen LogP contribution in [0.25, 0.3) is 0 Å². The molecule has 0 radical (unpaired) electrons. The number of hydrogen-bond acceptors (Lipinski definition) is 4. The third-order valence-electron chi connectivity index (χ3n) is 2.84. The highest BCUT2D eigenvalue weighted by Gasteiger charge is 2.28. The van der Waals surface area contributed by atoms with Gasteiger partial charge in [0.05, 0.1) is 16.5 Å². The van der Waals surface area contributed by atoms with Crippen molar-refractivity contribution in [2.24, 2.45) is 5.92 Å². The van der Waals surface area contributed by atoms with E-state index in [-0.39, 0.29) is 10.8 Å². The fourth-order valence-corrected chi connectivity index (χ4v) is 3.06. The Morgan fingerprint density at radius 3 is 2.40 bits per heavy atom. The quantitative estimate of drug-likeness (QED) is 0.850. The zero-order valence-electron chi connectivity index (χ0n) is 11.4. The fraction of sp³-hybridized carbons (Fsp3) is 0.385. The normalized spacial score (nSPS) is 12.9. The van der Waals surface area contributed by atoms with Crippen molar-refractivity contribution in [1.29, 1.82) is 5.26 Å². The highest BCUT2D eigenvalue weighted by molar-refractivity contribution is 7.89. The van der Waals surface area contributed by atoms with E-state index in [9.17, 15) is 13.2 Å². The van der Waals surface area contributed by atoms with Crippen molar-refractivity contribution < 1.29 is 18.3 Å². The van der Waals surface area contributed by atoms with Gasteiger partial charge in [-0.25, -0.2) is 8.42 Å². The van der Waals surface area contributed by atoms with Gasteiger partial charge in [-0.15, -0.1) is 0 Å². The number of nitrogens with one attached hydrogen (secondary N) is 1. The average Bonchev–Trinajstić information content (AvgIpc) is 2.35. The molecule has 1 atom stereocenters. The maximum absolute atomic E-state index is 12.1. The van der Waals surface area contributed by atoms with Crippen LogP contribution >= 0.6 is 0 Å². The zero-order chi connectivity index (χ0) is 15.5. The Kier molecular flexibility index (Phi) is 4.87. The van der Waals surface area contributed by atoms with Gasteiger partial charge < -0.3 is 5.11 Å². The molecule has 2 N–H and O–H groups in total. The molecule has 0 bridgehead atoms. The number of aliphatic carboxylic acids is 1. The molecule has 0 saturated heterocycles. The summed E-state index contributed by atoms with van der Waals surface area (Å²) in [4.78, 5) is 11.0. The number of carbonyl (C=O) groups is 1. The minimum absolute atomic E-state index is 0.0547. The molecular weight excluding hydrogens is 280 g/mol. The first-order valence-electron chi connectivity index (χ1n) is 5.95. The van der Waals surface area contributed by atoms with Crippen molar-refractivity contribution in [1.82, 2.24) is 4.72 Å². The Morgan fingerprint density at radius 2 is 2.00 bits per heavy atom. The van der Waals surface area contributed by atoms with Crippen LogP contribution < -0.4 is 4.72 Å². The molecule has 0 aliphatic heterocycles. The lowest BCUT2D eigenvalue weighted by Crippen LogP contribution is -2.44. The number of sulfonamides is 1. The van der Waals surface area contributed by atoms with E-state index in [1.165, 1.54) is 18.2 Å². The molecule has 0 aliphatic rings. The summed E-state index contributed by atoms with van der Waals surface area (Å²) in [6.45, 7) is 4.85. The van der Waals surface area contributed by atoms with Crippen molar-refractivity contribution in [2.75, 3.05) is 0 Å². The molecule has 1 aromatic carbocycles. The second-order valence-electron chi connectivity index (χ2n) is 4.77. The Hall–Kier alpha value is -1.91. The van der Waals surface area contributed by atoms with E-state index in [0.29, 0.717) is 11.1 Å². The van der Waals surface area contributed by atoms with Crippen LogP contribution in [-0.4, -0.2) is 25.5 Å². The van der Waals surface area contributed by atoms with Gasteiger partial charge in [-0.1, -0.05) is 13.8 Å². The van der Waals surface area contributed by atoms with E-state index in [2.05, 4.69) is 4.72 Å². The number of rotatable bonds is 5. The van der Waals surface area contributed by atoms with Crippen LogP contribution in [0.1, 0.15) is 25.0 Å². The SMILES string of the molecule is Cc1cc(S(=O)(=O)NC(C(=O)O)C(C)C)ccc1C#N. The predicted molar refractivity (Wildman–Crippen MR) is 72.5 cm³/mol. The molecular formula is C13H16N2O4S. The predicted octanol–water partition coefficient (Wildman–Crippen LogP) is 1.25. The molecule has 1 rings (SSSR count). The minimum Gasteiger partial charge on any atom is -0.480 e. The number of carboxylic acid groups (broad SMARTS) is 1. The topological polar surface area (TPSA) is 107 Å². The van der Waals surface area contributed by atoms with Crippen LogP contribution in [0.3, 0.4) is 0 Å². The second kappa shape index (κ2) is 6.03. The Morgan fingerprint density at radius 1 is 1.40 bits per heavy atom. The average molecular weight is 296 g/mol. The largest absolute Gasteiger partial charge is 0.480 e. The third-order valence-corrected chi connectivity index (χ3v) is 4.28. The number of nitrogens with zero attached hydrogens (tertiary/aromatic N) is 1. The van der Waals surface area contributed by atoms with E-state index in [4.69, 9.17) is 10.4 Å². The number of benzene rings is 1. The van der Waals surface area contributed by atoms with Crippen LogP contribution in [0.4, 0.5) is 0 Å². The maximum Gasteiger partial charge on any atom is 0.322 e. The Labute approximate surface area is 118 Å². The molecule has 20 heavy (non-hydrogen) atoms. The van der Waals surface area contributed by atoms with Gasteiger partial charge in [0.1, 0.15) is 6.04 Å². The molecule has 1 aromatic rings. The fourth-order valence-electron chi connectivity index (χ4n) is 1.64. The molecule has 0 aromatic heterocycles.